The van der Waals surface area contributed by atoms with Crippen LogP contribution in [0.15, 0.2) is 54.7 Å². The molecule has 2 aliphatic carbocycles. The van der Waals surface area contributed by atoms with Gasteiger partial charge in [0, 0.05) is 41.2 Å². The molecule has 1 N–H and O–H groups in total. The first-order chi connectivity index (χ1) is 18.4. The van der Waals surface area contributed by atoms with Crippen LogP contribution in [0.1, 0.15) is 77.1 Å². The molecule has 1 amide bonds. The van der Waals surface area contributed by atoms with Crippen molar-refractivity contribution in [3.05, 3.63) is 88.9 Å². The predicted octanol–water partition coefficient (Wildman–Crippen LogP) is 5.36. The second-order valence-electron chi connectivity index (χ2n) is 10.8. The number of carbonyl (C=O) groups excluding carboxylic acids is 1. The van der Waals surface area contributed by atoms with Crippen LogP contribution in [-0.4, -0.2) is 42.8 Å². The van der Waals surface area contributed by atoms with Crippen molar-refractivity contribution in [1.29, 1.82) is 0 Å². The smallest absolute Gasteiger partial charge is 0.307 e. The molecule has 0 bridgehead atoms. The van der Waals surface area contributed by atoms with Gasteiger partial charge in [-0.25, -0.2) is 9.97 Å². The van der Waals surface area contributed by atoms with E-state index in [4.69, 9.17) is 4.98 Å². The summed E-state index contributed by atoms with van der Waals surface area (Å²) in [4.78, 5) is 35.6. The molecule has 0 radical (unpaired) electrons. The van der Waals surface area contributed by atoms with Gasteiger partial charge >= 0.3 is 5.97 Å². The molecule has 2 saturated carbocycles. The largest absolute Gasteiger partial charge is 0.481 e. The van der Waals surface area contributed by atoms with Crippen molar-refractivity contribution in [2.45, 2.75) is 50.5 Å². The molecule has 7 rings (SSSR count). The second kappa shape index (κ2) is 8.48. The van der Waals surface area contributed by atoms with Crippen LogP contribution in [0.5, 0.6) is 0 Å². The zero-order chi connectivity index (χ0) is 26.1. The van der Waals surface area contributed by atoms with Gasteiger partial charge in [-0.1, -0.05) is 24.3 Å². The first-order valence-electron chi connectivity index (χ1n) is 13.2. The maximum absolute atomic E-state index is 15.1. The molecule has 7 nitrogen and oxygen atoms in total. The molecule has 0 spiro atoms. The Hall–Kier alpha value is -4.07. The Balaban J connectivity index is 1.23. The maximum Gasteiger partial charge on any atom is 0.307 e. The number of fused-ring (bicyclic) bond motifs is 2. The van der Waals surface area contributed by atoms with E-state index in [0.717, 1.165) is 25.0 Å². The summed E-state index contributed by atoms with van der Waals surface area (Å²) in [6.45, 7) is 2.70. The molecule has 38 heavy (non-hydrogen) atoms. The van der Waals surface area contributed by atoms with E-state index in [2.05, 4.69) is 24.0 Å². The molecule has 2 fully saturated rings. The van der Waals surface area contributed by atoms with Gasteiger partial charge in [0.15, 0.2) is 0 Å². The van der Waals surface area contributed by atoms with Crippen molar-refractivity contribution in [1.82, 2.24) is 19.3 Å². The minimum absolute atomic E-state index is 0.0388. The Labute approximate surface area is 219 Å². The lowest BCUT2D eigenvalue weighted by Gasteiger charge is -2.35. The van der Waals surface area contributed by atoms with Crippen LogP contribution in [0.25, 0.3) is 16.8 Å². The van der Waals surface area contributed by atoms with Gasteiger partial charge in [0.1, 0.15) is 11.3 Å². The molecule has 8 heteroatoms. The van der Waals surface area contributed by atoms with Gasteiger partial charge in [0.2, 0.25) is 5.95 Å². The van der Waals surface area contributed by atoms with Crippen molar-refractivity contribution in [2.75, 3.05) is 6.54 Å². The Kier molecular flexibility index (Phi) is 5.15. The average molecular weight is 511 g/mol. The van der Waals surface area contributed by atoms with E-state index in [0.29, 0.717) is 47.0 Å². The molecule has 4 aromatic rings. The third-order valence-electron chi connectivity index (χ3n) is 8.34. The number of hydrogen-bond donors (Lipinski definition) is 1. The standard InChI is InChI=1S/C30H27FN4O3/c1-16-20-5-3-2-4-17(20)10-11-34(16)29(36)25-14-26(18-6-7-18)35-15-19(12-27(35)32-25)21-8-9-24(33-28(21)31)22-13-23(22)30(37)38/h2-5,8-9,12,14-16,18,22-23H,6-7,10-11,13H2,1H3,(H,37,38)/t16-,22?,23?/m1/s1. The van der Waals surface area contributed by atoms with Gasteiger partial charge in [-0.05, 0) is 73.9 Å². The summed E-state index contributed by atoms with van der Waals surface area (Å²) < 4.78 is 17.1. The van der Waals surface area contributed by atoms with Gasteiger partial charge in [-0.3, -0.25) is 9.59 Å². The van der Waals surface area contributed by atoms with Crippen LogP contribution >= 0.6 is 0 Å². The van der Waals surface area contributed by atoms with Crippen LogP contribution in [0.2, 0.25) is 0 Å². The number of rotatable bonds is 5. The molecule has 3 atom stereocenters. The van der Waals surface area contributed by atoms with Crippen LogP contribution < -0.4 is 0 Å². The Morgan fingerprint density at radius 1 is 1.08 bits per heavy atom. The number of aliphatic carboxylic acids is 1. The molecule has 192 valence electrons. The highest BCUT2D eigenvalue weighted by Crippen LogP contribution is 2.47. The molecule has 4 heterocycles. The SMILES string of the molecule is C[C@@H]1c2ccccc2CCN1C(=O)c1cc(C2CC2)n2cc(-c3ccc(C4CC4C(=O)O)nc3F)cc2n1. The molecular weight excluding hydrogens is 483 g/mol. The normalized spacial score (nSPS) is 22.4. The van der Waals surface area contributed by atoms with Gasteiger partial charge < -0.3 is 14.4 Å². The van der Waals surface area contributed by atoms with E-state index in [9.17, 15) is 14.7 Å². The number of nitrogens with zero attached hydrogens (tertiary/aromatic N) is 4. The summed E-state index contributed by atoms with van der Waals surface area (Å²) in [6.07, 6.45) is 5.26. The van der Waals surface area contributed by atoms with Crippen LogP contribution in [-0.2, 0) is 11.2 Å². The predicted molar refractivity (Wildman–Crippen MR) is 138 cm³/mol. The van der Waals surface area contributed by atoms with Crippen LogP contribution in [0.4, 0.5) is 4.39 Å². The highest BCUT2D eigenvalue weighted by molar-refractivity contribution is 5.93. The fraction of sp³-hybridized carbons (Fsp3) is 0.333. The number of pyridine rings is 1. The lowest BCUT2D eigenvalue weighted by molar-refractivity contribution is -0.138. The number of hydrogen-bond acceptors (Lipinski definition) is 4. The average Bonchev–Trinajstić information content (AvgIpc) is 3.84. The lowest BCUT2D eigenvalue weighted by atomic mass is 9.93. The number of amides is 1. The highest BCUT2D eigenvalue weighted by atomic mass is 19.1. The minimum atomic E-state index is -0.868. The zero-order valence-electron chi connectivity index (χ0n) is 21.0. The molecule has 3 aliphatic rings. The summed E-state index contributed by atoms with van der Waals surface area (Å²) in [7, 11) is 0. The lowest BCUT2D eigenvalue weighted by Crippen LogP contribution is -2.39. The Morgan fingerprint density at radius 3 is 2.63 bits per heavy atom. The van der Waals surface area contributed by atoms with Crippen LogP contribution in [0, 0.1) is 11.9 Å². The molecule has 1 aliphatic heterocycles. The number of carboxylic acids is 1. The fourth-order valence-corrected chi connectivity index (χ4v) is 5.92. The first kappa shape index (κ1) is 23.1. The third-order valence-corrected chi connectivity index (χ3v) is 8.34. The molecular formula is C30H27FN4O3. The summed E-state index contributed by atoms with van der Waals surface area (Å²) in [6, 6.07) is 15.3. The van der Waals surface area contributed by atoms with Crippen molar-refractivity contribution in [2.24, 2.45) is 5.92 Å². The second-order valence-corrected chi connectivity index (χ2v) is 10.8. The van der Waals surface area contributed by atoms with Crippen LogP contribution in [0.3, 0.4) is 0 Å². The quantitative estimate of drug-likeness (QED) is 0.365. The van der Waals surface area contributed by atoms with Crippen molar-refractivity contribution in [3.63, 3.8) is 0 Å². The number of aromatic nitrogens is 3. The van der Waals surface area contributed by atoms with Crippen molar-refractivity contribution < 1.29 is 19.1 Å². The van der Waals surface area contributed by atoms with E-state index in [1.54, 1.807) is 18.2 Å². The number of halogens is 1. The summed E-state index contributed by atoms with van der Waals surface area (Å²) in [5.74, 6) is -1.95. The van der Waals surface area contributed by atoms with Gasteiger partial charge in [0.05, 0.1) is 12.0 Å². The highest BCUT2D eigenvalue weighted by Gasteiger charge is 2.45. The van der Waals surface area contributed by atoms with Crippen molar-refractivity contribution in [3.8, 4) is 11.1 Å². The Morgan fingerprint density at radius 2 is 1.89 bits per heavy atom. The minimum Gasteiger partial charge on any atom is -0.481 e. The molecule has 3 aromatic heterocycles. The third kappa shape index (κ3) is 3.78. The molecule has 1 aromatic carbocycles. The van der Waals surface area contributed by atoms with Crippen molar-refractivity contribution >= 4 is 17.5 Å². The van der Waals surface area contributed by atoms with Gasteiger partial charge in [0.25, 0.3) is 5.91 Å². The number of benzene rings is 1. The van der Waals surface area contributed by atoms with E-state index < -0.39 is 17.8 Å². The van der Waals surface area contributed by atoms with Gasteiger partial charge in [-0.15, -0.1) is 0 Å². The first-order valence-corrected chi connectivity index (χ1v) is 13.2. The Bertz CT molecular complexity index is 1630. The van der Waals surface area contributed by atoms with E-state index in [-0.39, 0.29) is 17.9 Å². The number of carboxylic acid groups (broad SMARTS) is 1. The number of carbonyl (C=O) groups is 2. The fourth-order valence-electron chi connectivity index (χ4n) is 5.92. The summed E-state index contributed by atoms with van der Waals surface area (Å²) in [5.41, 5.74) is 5.93. The van der Waals surface area contributed by atoms with E-state index in [1.165, 1.54) is 11.1 Å². The van der Waals surface area contributed by atoms with E-state index in [1.807, 2.05) is 33.7 Å². The summed E-state index contributed by atoms with van der Waals surface area (Å²) >= 11 is 0. The van der Waals surface area contributed by atoms with E-state index >= 15 is 4.39 Å². The topological polar surface area (TPSA) is 87.8 Å². The molecule has 0 saturated heterocycles. The maximum atomic E-state index is 15.1. The summed E-state index contributed by atoms with van der Waals surface area (Å²) in [5, 5.41) is 9.19. The zero-order valence-corrected chi connectivity index (χ0v) is 21.0. The monoisotopic (exact) mass is 510 g/mol. The molecule has 2 unspecified atom stereocenters. The van der Waals surface area contributed by atoms with Gasteiger partial charge in [-0.2, -0.15) is 4.39 Å².